The molecule has 0 bridgehead atoms. The molecule has 0 aliphatic carbocycles. The Balaban J connectivity index is 2.00. The van der Waals surface area contributed by atoms with Gasteiger partial charge in [-0.2, -0.15) is 5.10 Å². The number of hydrogen-bond acceptors (Lipinski definition) is 3. The third-order valence-electron chi connectivity index (χ3n) is 2.55. The lowest BCUT2D eigenvalue weighted by atomic mass is 10.2. The van der Waals surface area contributed by atoms with Crippen LogP contribution in [0.5, 0.6) is 0 Å². The molecule has 1 amide bonds. The number of aromatic amines is 1. The quantitative estimate of drug-likeness (QED) is 0.758. The van der Waals surface area contributed by atoms with Gasteiger partial charge in [-0.15, -0.1) is 11.3 Å². The average molecular weight is 296 g/mol. The fraction of sp³-hybridized carbons (Fsp3) is 0. The molecule has 7 heteroatoms. The molecule has 0 unspecified atom stereocenters. The molecule has 3 rings (SSSR count). The number of nitrogens with zero attached hydrogens (tertiary/aromatic N) is 1. The maximum Gasteiger partial charge on any atom is 0.267 e. The Hall–Kier alpha value is -1.92. The van der Waals surface area contributed by atoms with Gasteiger partial charge in [-0.25, -0.2) is 4.39 Å². The van der Waals surface area contributed by atoms with Crippen LogP contribution in [-0.4, -0.2) is 16.1 Å². The Morgan fingerprint density at radius 3 is 3.05 bits per heavy atom. The highest BCUT2D eigenvalue weighted by atomic mass is 35.5. The first kappa shape index (κ1) is 12.1. The standard InChI is InChI=1S/C12H7ClFN3OS/c13-10-8-2-1-6(14)3-9(8)19-11(10)12(18)17-7-4-15-16-5-7/h1-5H,(H,15,16)(H,17,18). The van der Waals surface area contributed by atoms with E-state index < -0.39 is 0 Å². The SMILES string of the molecule is O=C(Nc1cn[nH]c1)c1sc2cc(F)ccc2c1Cl. The van der Waals surface area contributed by atoms with Gasteiger partial charge >= 0.3 is 0 Å². The number of fused-ring (bicyclic) bond motifs is 1. The topological polar surface area (TPSA) is 57.8 Å². The Morgan fingerprint density at radius 2 is 2.32 bits per heavy atom. The van der Waals surface area contributed by atoms with Crippen molar-refractivity contribution in [2.45, 2.75) is 0 Å². The van der Waals surface area contributed by atoms with Crippen molar-refractivity contribution in [1.82, 2.24) is 10.2 Å². The predicted octanol–water partition coefficient (Wildman–Crippen LogP) is 3.67. The number of thiophene rings is 1. The molecule has 3 aromatic rings. The van der Waals surface area contributed by atoms with Gasteiger partial charge in [0.05, 0.1) is 16.9 Å². The number of nitrogens with one attached hydrogen (secondary N) is 2. The highest BCUT2D eigenvalue weighted by molar-refractivity contribution is 7.21. The van der Waals surface area contributed by atoms with E-state index in [4.69, 9.17) is 11.6 Å². The smallest absolute Gasteiger partial charge is 0.267 e. The molecule has 0 saturated heterocycles. The first-order valence-corrected chi connectivity index (χ1v) is 6.52. The number of halogens is 2. The van der Waals surface area contributed by atoms with Crippen molar-refractivity contribution in [1.29, 1.82) is 0 Å². The molecule has 0 fully saturated rings. The molecule has 2 N–H and O–H groups in total. The monoisotopic (exact) mass is 295 g/mol. The van der Waals surface area contributed by atoms with E-state index in [2.05, 4.69) is 15.5 Å². The third kappa shape index (κ3) is 2.20. The highest BCUT2D eigenvalue weighted by Crippen LogP contribution is 2.36. The molecule has 0 saturated carbocycles. The van der Waals surface area contributed by atoms with Crippen LogP contribution in [0.2, 0.25) is 5.02 Å². The summed E-state index contributed by atoms with van der Waals surface area (Å²) in [7, 11) is 0. The fourth-order valence-corrected chi connectivity index (χ4v) is 3.13. The van der Waals surface area contributed by atoms with Gasteiger partial charge in [-0.3, -0.25) is 9.89 Å². The molecule has 2 aromatic heterocycles. The van der Waals surface area contributed by atoms with E-state index in [1.54, 1.807) is 12.3 Å². The molecule has 96 valence electrons. The van der Waals surface area contributed by atoms with Gasteiger partial charge in [-0.05, 0) is 18.2 Å². The van der Waals surface area contributed by atoms with Gasteiger partial charge in [0, 0.05) is 16.3 Å². The van der Waals surface area contributed by atoms with Crippen molar-refractivity contribution >= 4 is 44.6 Å². The molecular formula is C12H7ClFN3OS. The maximum absolute atomic E-state index is 13.1. The van der Waals surface area contributed by atoms with Crippen LogP contribution in [0.25, 0.3) is 10.1 Å². The molecule has 0 aliphatic rings. The summed E-state index contributed by atoms with van der Waals surface area (Å²) in [6.45, 7) is 0. The van der Waals surface area contributed by atoms with E-state index in [0.29, 0.717) is 25.7 Å². The van der Waals surface area contributed by atoms with Crippen LogP contribution in [0.15, 0.2) is 30.6 Å². The van der Waals surface area contributed by atoms with Crippen LogP contribution >= 0.6 is 22.9 Å². The Bertz CT molecular complexity index is 754. The molecular weight excluding hydrogens is 289 g/mol. The summed E-state index contributed by atoms with van der Waals surface area (Å²) in [5.74, 6) is -0.694. The molecule has 0 aliphatic heterocycles. The van der Waals surface area contributed by atoms with Crippen LogP contribution in [0.4, 0.5) is 10.1 Å². The number of benzene rings is 1. The Labute approximate surface area is 116 Å². The highest BCUT2D eigenvalue weighted by Gasteiger charge is 2.17. The minimum Gasteiger partial charge on any atom is -0.319 e. The van der Waals surface area contributed by atoms with Crippen LogP contribution in [-0.2, 0) is 0 Å². The minimum atomic E-state index is -0.354. The number of carbonyl (C=O) groups excluding carboxylic acids is 1. The summed E-state index contributed by atoms with van der Waals surface area (Å²) in [6, 6.07) is 4.25. The van der Waals surface area contributed by atoms with E-state index in [1.165, 1.54) is 18.3 Å². The van der Waals surface area contributed by atoms with E-state index in [1.807, 2.05) is 0 Å². The van der Waals surface area contributed by atoms with E-state index in [0.717, 1.165) is 11.3 Å². The molecule has 4 nitrogen and oxygen atoms in total. The average Bonchev–Trinajstić information content (AvgIpc) is 2.97. The number of H-pyrrole nitrogens is 1. The van der Waals surface area contributed by atoms with Crippen LogP contribution in [0, 0.1) is 5.82 Å². The summed E-state index contributed by atoms with van der Waals surface area (Å²) < 4.78 is 13.8. The normalized spacial score (nSPS) is 10.8. The van der Waals surface area contributed by atoms with Crippen molar-refractivity contribution in [3.8, 4) is 0 Å². The van der Waals surface area contributed by atoms with Gasteiger partial charge in [0.1, 0.15) is 10.7 Å². The Morgan fingerprint density at radius 1 is 1.47 bits per heavy atom. The van der Waals surface area contributed by atoms with Crippen molar-refractivity contribution in [2.75, 3.05) is 5.32 Å². The van der Waals surface area contributed by atoms with Crippen LogP contribution in [0.3, 0.4) is 0 Å². The first-order chi connectivity index (χ1) is 9.15. The predicted molar refractivity (Wildman–Crippen MR) is 73.3 cm³/mol. The number of anilines is 1. The molecule has 2 heterocycles. The minimum absolute atomic E-state index is 0.334. The number of rotatable bonds is 2. The molecule has 0 atom stereocenters. The lowest BCUT2D eigenvalue weighted by Crippen LogP contribution is -2.09. The van der Waals surface area contributed by atoms with Gasteiger partial charge in [0.25, 0.3) is 5.91 Å². The first-order valence-electron chi connectivity index (χ1n) is 5.33. The number of hydrogen-bond donors (Lipinski definition) is 2. The second-order valence-corrected chi connectivity index (χ2v) is 5.26. The van der Waals surface area contributed by atoms with Crippen LogP contribution < -0.4 is 5.32 Å². The largest absolute Gasteiger partial charge is 0.319 e. The van der Waals surface area contributed by atoms with Gasteiger partial charge in [-0.1, -0.05) is 11.6 Å². The number of aromatic nitrogens is 2. The molecule has 1 aromatic carbocycles. The van der Waals surface area contributed by atoms with E-state index in [-0.39, 0.29) is 11.7 Å². The molecule has 19 heavy (non-hydrogen) atoms. The summed E-state index contributed by atoms with van der Waals surface area (Å²) in [5, 5.41) is 9.98. The molecule has 0 radical (unpaired) electrons. The van der Waals surface area contributed by atoms with Crippen LogP contribution in [0.1, 0.15) is 9.67 Å². The zero-order valence-electron chi connectivity index (χ0n) is 9.41. The second-order valence-electron chi connectivity index (χ2n) is 3.83. The van der Waals surface area contributed by atoms with Gasteiger partial charge in [0.15, 0.2) is 0 Å². The maximum atomic E-state index is 13.1. The Kier molecular flexibility index (Phi) is 2.96. The van der Waals surface area contributed by atoms with Crippen molar-refractivity contribution < 1.29 is 9.18 Å². The van der Waals surface area contributed by atoms with Crippen molar-refractivity contribution in [2.24, 2.45) is 0 Å². The fourth-order valence-electron chi connectivity index (χ4n) is 1.69. The van der Waals surface area contributed by atoms with Crippen molar-refractivity contribution in [3.05, 3.63) is 46.3 Å². The lowest BCUT2D eigenvalue weighted by molar-refractivity contribution is 0.103. The lowest BCUT2D eigenvalue weighted by Gasteiger charge is -1.99. The summed E-state index contributed by atoms with van der Waals surface area (Å²) in [5.41, 5.74) is 0.546. The second kappa shape index (κ2) is 4.64. The van der Waals surface area contributed by atoms with E-state index >= 15 is 0 Å². The summed E-state index contributed by atoms with van der Waals surface area (Å²) in [4.78, 5) is 12.4. The van der Waals surface area contributed by atoms with E-state index in [9.17, 15) is 9.18 Å². The van der Waals surface area contributed by atoms with Crippen molar-refractivity contribution in [3.63, 3.8) is 0 Å². The van der Waals surface area contributed by atoms with Gasteiger partial charge in [0.2, 0.25) is 0 Å². The summed E-state index contributed by atoms with van der Waals surface area (Å²) >= 11 is 7.30. The number of carbonyl (C=O) groups is 1. The zero-order chi connectivity index (χ0) is 13.4. The third-order valence-corrected chi connectivity index (χ3v) is 4.21. The number of amides is 1. The zero-order valence-corrected chi connectivity index (χ0v) is 11.0. The molecule has 0 spiro atoms. The van der Waals surface area contributed by atoms with Gasteiger partial charge < -0.3 is 5.32 Å². The summed E-state index contributed by atoms with van der Waals surface area (Å²) in [6.07, 6.45) is 3.04.